The maximum absolute atomic E-state index is 13.2. The molecule has 0 aliphatic carbocycles. The van der Waals surface area contributed by atoms with Crippen molar-refractivity contribution in [2.45, 2.75) is 32.0 Å². The smallest absolute Gasteiger partial charge is 0.416 e. The molecule has 2 aromatic carbocycles. The number of halogens is 3. The number of benzene rings is 2. The Labute approximate surface area is 176 Å². The van der Waals surface area contributed by atoms with Gasteiger partial charge in [-0.1, -0.05) is 24.3 Å². The lowest BCUT2D eigenvalue weighted by atomic mass is 9.87. The van der Waals surface area contributed by atoms with Gasteiger partial charge in [-0.3, -0.25) is 9.89 Å². The summed E-state index contributed by atoms with van der Waals surface area (Å²) in [5.74, 6) is 0.854. The normalized spacial score (nSPS) is 15.9. The standard InChI is InChI=1S/C22H20F3N3O3/c1-2-30-19-9-13(15-10-20(29)27-21-16(15)11-26-28-21)7-8-18(19)31-12-14-5-3-4-6-17(14)22(23,24)25/h3-9,11,15H,2,10,12H2,1H3,(H2,26,27,28,29). The number of hydrogen-bond acceptors (Lipinski definition) is 4. The maximum atomic E-state index is 13.2. The van der Waals surface area contributed by atoms with E-state index >= 15 is 0 Å². The minimum absolute atomic E-state index is 0.0357. The van der Waals surface area contributed by atoms with Crippen molar-refractivity contribution in [1.29, 1.82) is 0 Å². The fourth-order valence-corrected chi connectivity index (χ4v) is 3.65. The maximum Gasteiger partial charge on any atom is 0.416 e. The molecule has 0 spiro atoms. The molecule has 0 bridgehead atoms. The molecule has 1 aromatic heterocycles. The second-order valence-corrected chi connectivity index (χ2v) is 7.08. The number of aromatic amines is 1. The molecule has 0 saturated carbocycles. The summed E-state index contributed by atoms with van der Waals surface area (Å²) in [5, 5.41) is 9.52. The van der Waals surface area contributed by atoms with Gasteiger partial charge in [0.25, 0.3) is 0 Å². The molecule has 1 unspecified atom stereocenters. The van der Waals surface area contributed by atoms with E-state index in [4.69, 9.17) is 9.47 Å². The quantitative estimate of drug-likeness (QED) is 0.583. The van der Waals surface area contributed by atoms with E-state index < -0.39 is 11.7 Å². The first-order chi connectivity index (χ1) is 14.9. The summed E-state index contributed by atoms with van der Waals surface area (Å²) in [7, 11) is 0. The van der Waals surface area contributed by atoms with Crippen LogP contribution in [0.4, 0.5) is 19.0 Å². The second-order valence-electron chi connectivity index (χ2n) is 7.08. The van der Waals surface area contributed by atoms with Crippen molar-refractivity contribution in [1.82, 2.24) is 10.2 Å². The lowest BCUT2D eigenvalue weighted by Gasteiger charge is -2.23. The lowest BCUT2D eigenvalue weighted by Crippen LogP contribution is -2.23. The first-order valence-corrected chi connectivity index (χ1v) is 9.75. The molecule has 162 valence electrons. The van der Waals surface area contributed by atoms with Gasteiger partial charge in [-0.15, -0.1) is 0 Å². The minimum Gasteiger partial charge on any atom is -0.490 e. The molecular weight excluding hydrogens is 411 g/mol. The highest BCUT2D eigenvalue weighted by Gasteiger charge is 2.33. The molecule has 9 heteroatoms. The van der Waals surface area contributed by atoms with E-state index in [9.17, 15) is 18.0 Å². The molecule has 0 saturated heterocycles. The van der Waals surface area contributed by atoms with Crippen LogP contribution < -0.4 is 14.8 Å². The Kier molecular flexibility index (Phi) is 5.58. The highest BCUT2D eigenvalue weighted by atomic mass is 19.4. The van der Waals surface area contributed by atoms with E-state index in [2.05, 4.69) is 15.5 Å². The Morgan fingerprint density at radius 3 is 2.71 bits per heavy atom. The van der Waals surface area contributed by atoms with Crippen LogP contribution in [0.2, 0.25) is 0 Å². The van der Waals surface area contributed by atoms with Crippen molar-refractivity contribution >= 4 is 11.7 Å². The Hall–Kier alpha value is -3.49. The molecule has 0 radical (unpaired) electrons. The zero-order chi connectivity index (χ0) is 22.0. The molecule has 6 nitrogen and oxygen atoms in total. The van der Waals surface area contributed by atoms with Crippen LogP contribution in [0.3, 0.4) is 0 Å². The van der Waals surface area contributed by atoms with Crippen molar-refractivity contribution in [2.75, 3.05) is 11.9 Å². The molecule has 31 heavy (non-hydrogen) atoms. The Balaban J connectivity index is 1.61. The summed E-state index contributed by atoms with van der Waals surface area (Å²) in [6.45, 7) is 1.89. The average molecular weight is 431 g/mol. The van der Waals surface area contributed by atoms with Crippen LogP contribution in [-0.4, -0.2) is 22.7 Å². The number of aromatic nitrogens is 2. The van der Waals surface area contributed by atoms with Crippen LogP contribution in [0, 0.1) is 0 Å². The highest BCUT2D eigenvalue weighted by Crippen LogP contribution is 2.40. The highest BCUT2D eigenvalue weighted by molar-refractivity contribution is 5.94. The van der Waals surface area contributed by atoms with Crippen LogP contribution in [0.1, 0.15) is 41.5 Å². The van der Waals surface area contributed by atoms with Crippen LogP contribution in [-0.2, 0) is 17.6 Å². The van der Waals surface area contributed by atoms with Gasteiger partial charge in [0.05, 0.1) is 12.2 Å². The van der Waals surface area contributed by atoms with Gasteiger partial charge in [0.15, 0.2) is 17.3 Å². The molecule has 1 aliphatic rings. The molecule has 4 rings (SSSR count). The number of carbonyl (C=O) groups excluding carboxylic acids is 1. The van der Waals surface area contributed by atoms with Crippen molar-refractivity contribution < 1.29 is 27.4 Å². The molecule has 3 aromatic rings. The Bertz CT molecular complexity index is 1090. The zero-order valence-corrected chi connectivity index (χ0v) is 16.6. The monoisotopic (exact) mass is 431 g/mol. The van der Waals surface area contributed by atoms with E-state index in [1.807, 2.05) is 0 Å². The summed E-state index contributed by atoms with van der Waals surface area (Å²) in [5.41, 5.74) is 0.984. The van der Waals surface area contributed by atoms with E-state index in [0.717, 1.165) is 17.2 Å². The average Bonchev–Trinajstić information content (AvgIpc) is 3.20. The number of hydrogen-bond donors (Lipinski definition) is 2. The van der Waals surface area contributed by atoms with Gasteiger partial charge in [0, 0.05) is 29.7 Å². The van der Waals surface area contributed by atoms with Crippen LogP contribution in [0.15, 0.2) is 48.7 Å². The molecule has 0 fully saturated rings. The first-order valence-electron chi connectivity index (χ1n) is 9.75. The number of H-pyrrole nitrogens is 1. The van der Waals surface area contributed by atoms with Gasteiger partial charge in [0.2, 0.25) is 5.91 Å². The number of nitrogens with one attached hydrogen (secondary N) is 2. The number of anilines is 1. The van der Waals surface area contributed by atoms with Gasteiger partial charge in [-0.25, -0.2) is 0 Å². The zero-order valence-electron chi connectivity index (χ0n) is 16.6. The summed E-state index contributed by atoms with van der Waals surface area (Å²) < 4.78 is 51.1. The van der Waals surface area contributed by atoms with Gasteiger partial charge in [-0.2, -0.15) is 18.3 Å². The van der Waals surface area contributed by atoms with Gasteiger partial charge >= 0.3 is 6.18 Å². The lowest BCUT2D eigenvalue weighted by molar-refractivity contribution is -0.138. The van der Waals surface area contributed by atoms with Crippen molar-refractivity contribution in [3.63, 3.8) is 0 Å². The summed E-state index contributed by atoms with van der Waals surface area (Å²) >= 11 is 0. The fourth-order valence-electron chi connectivity index (χ4n) is 3.65. The van der Waals surface area contributed by atoms with Crippen LogP contribution >= 0.6 is 0 Å². The number of amides is 1. The third-order valence-electron chi connectivity index (χ3n) is 5.07. The fraction of sp³-hybridized carbons (Fsp3) is 0.273. The SMILES string of the molecule is CCOc1cc(C2CC(=O)Nc3n[nH]cc32)ccc1OCc1ccccc1C(F)(F)F. The third-order valence-corrected chi connectivity index (χ3v) is 5.07. The number of rotatable bonds is 6. The number of fused-ring (bicyclic) bond motifs is 1. The van der Waals surface area contributed by atoms with Crippen LogP contribution in [0.5, 0.6) is 11.5 Å². The predicted octanol–water partition coefficient (Wildman–Crippen LogP) is 4.88. The van der Waals surface area contributed by atoms with Gasteiger partial charge in [0.1, 0.15) is 6.61 Å². The Morgan fingerprint density at radius 2 is 1.94 bits per heavy atom. The molecular formula is C22H20F3N3O3. The van der Waals surface area contributed by atoms with E-state index in [0.29, 0.717) is 23.9 Å². The largest absolute Gasteiger partial charge is 0.490 e. The molecule has 1 atom stereocenters. The van der Waals surface area contributed by atoms with Gasteiger partial charge < -0.3 is 14.8 Å². The van der Waals surface area contributed by atoms with Crippen molar-refractivity contribution in [2.24, 2.45) is 0 Å². The van der Waals surface area contributed by atoms with E-state index in [1.165, 1.54) is 18.2 Å². The Morgan fingerprint density at radius 1 is 1.13 bits per heavy atom. The molecule has 2 N–H and O–H groups in total. The first kappa shape index (κ1) is 20.8. The molecule has 1 aliphatic heterocycles. The minimum atomic E-state index is -4.46. The molecule has 2 heterocycles. The third kappa shape index (κ3) is 4.35. The van der Waals surface area contributed by atoms with E-state index in [-0.39, 0.29) is 30.4 Å². The number of carbonyl (C=O) groups is 1. The van der Waals surface area contributed by atoms with Gasteiger partial charge in [-0.05, 0) is 30.7 Å². The summed E-state index contributed by atoms with van der Waals surface area (Å²) in [6, 6.07) is 10.5. The predicted molar refractivity (Wildman–Crippen MR) is 107 cm³/mol. The molecule has 1 amide bonds. The second kappa shape index (κ2) is 8.33. The van der Waals surface area contributed by atoms with Crippen molar-refractivity contribution in [3.05, 3.63) is 70.9 Å². The summed E-state index contributed by atoms with van der Waals surface area (Å²) in [6.07, 6.45) is -2.48. The van der Waals surface area contributed by atoms with Crippen LogP contribution in [0.25, 0.3) is 0 Å². The number of alkyl halides is 3. The number of ether oxygens (including phenoxy) is 2. The topological polar surface area (TPSA) is 76.2 Å². The van der Waals surface area contributed by atoms with E-state index in [1.54, 1.807) is 31.3 Å². The number of nitrogens with zero attached hydrogens (tertiary/aromatic N) is 1. The van der Waals surface area contributed by atoms with Crippen molar-refractivity contribution in [3.8, 4) is 11.5 Å². The summed E-state index contributed by atoms with van der Waals surface area (Å²) in [4.78, 5) is 12.0.